The molecule has 0 aliphatic heterocycles. The van der Waals surface area contributed by atoms with Crippen LogP contribution in [-0.2, 0) is 12.8 Å². The largest absolute Gasteiger partial charge is 0.388 e. The van der Waals surface area contributed by atoms with Crippen molar-refractivity contribution in [3.05, 3.63) is 47.0 Å². The molecule has 0 aromatic heterocycles. The molecule has 1 N–H and O–H groups in total. The van der Waals surface area contributed by atoms with Crippen molar-refractivity contribution in [2.24, 2.45) is 0 Å². The summed E-state index contributed by atoms with van der Waals surface area (Å²) in [6, 6.07) is 10.7. The highest BCUT2D eigenvalue weighted by molar-refractivity contribution is 5.93. The summed E-state index contributed by atoms with van der Waals surface area (Å²) in [5, 5.41) is 12.7. The highest BCUT2D eigenvalue weighted by atomic mass is 16.3. The van der Waals surface area contributed by atoms with E-state index in [1.807, 2.05) is 6.92 Å². The lowest BCUT2D eigenvalue weighted by atomic mass is 9.96. The van der Waals surface area contributed by atoms with Crippen molar-refractivity contribution >= 4 is 10.8 Å². The number of aliphatic hydroxyl groups is 1. The number of hydrogen-bond donors (Lipinski definition) is 1. The second-order valence-electron chi connectivity index (χ2n) is 4.58. The van der Waals surface area contributed by atoms with Crippen LogP contribution in [0.2, 0.25) is 0 Å². The van der Waals surface area contributed by atoms with E-state index in [4.69, 9.17) is 0 Å². The Hall–Kier alpha value is -1.34. The Kier molecular flexibility index (Phi) is 2.22. The van der Waals surface area contributed by atoms with Crippen molar-refractivity contribution in [2.45, 2.75) is 32.3 Å². The average Bonchev–Trinajstić information content (AvgIpc) is 2.74. The van der Waals surface area contributed by atoms with Crippen LogP contribution < -0.4 is 0 Å². The fourth-order valence-corrected chi connectivity index (χ4v) is 2.78. The van der Waals surface area contributed by atoms with E-state index in [-0.39, 0.29) is 6.10 Å². The van der Waals surface area contributed by atoms with Gasteiger partial charge in [-0.2, -0.15) is 0 Å². The van der Waals surface area contributed by atoms with Crippen LogP contribution >= 0.6 is 0 Å². The number of benzene rings is 2. The van der Waals surface area contributed by atoms with Crippen LogP contribution in [0, 0.1) is 0 Å². The summed E-state index contributed by atoms with van der Waals surface area (Å²) in [5.74, 6) is 0. The Morgan fingerprint density at radius 3 is 2.62 bits per heavy atom. The molecule has 82 valence electrons. The fraction of sp³-hybridized carbons (Fsp3) is 0.333. The fourth-order valence-electron chi connectivity index (χ4n) is 2.78. The molecule has 1 heteroatoms. The molecule has 0 amide bonds. The highest BCUT2D eigenvalue weighted by Crippen LogP contribution is 2.35. The minimum Gasteiger partial charge on any atom is -0.388 e. The van der Waals surface area contributed by atoms with Crippen LogP contribution in [0.25, 0.3) is 10.8 Å². The van der Waals surface area contributed by atoms with Gasteiger partial charge in [0.25, 0.3) is 0 Å². The lowest BCUT2D eigenvalue weighted by molar-refractivity contribution is 0.175. The van der Waals surface area contributed by atoms with Gasteiger partial charge in [-0.1, -0.05) is 37.3 Å². The third-order valence-electron chi connectivity index (χ3n) is 3.66. The molecule has 0 unspecified atom stereocenters. The molecule has 0 saturated carbocycles. The summed E-state index contributed by atoms with van der Waals surface area (Å²) in [6.45, 7) is 2.02. The van der Waals surface area contributed by atoms with Crippen molar-refractivity contribution in [2.75, 3.05) is 0 Å². The van der Waals surface area contributed by atoms with Crippen LogP contribution in [0.5, 0.6) is 0 Å². The molecule has 0 bridgehead atoms. The van der Waals surface area contributed by atoms with Crippen LogP contribution in [0.1, 0.15) is 36.1 Å². The van der Waals surface area contributed by atoms with E-state index in [0.29, 0.717) is 0 Å². The van der Waals surface area contributed by atoms with Gasteiger partial charge in [-0.15, -0.1) is 0 Å². The monoisotopic (exact) mass is 212 g/mol. The number of aliphatic hydroxyl groups excluding tert-OH is 1. The van der Waals surface area contributed by atoms with Crippen molar-refractivity contribution < 1.29 is 5.11 Å². The van der Waals surface area contributed by atoms with Gasteiger partial charge in [-0.3, -0.25) is 0 Å². The average molecular weight is 212 g/mol. The van der Waals surface area contributed by atoms with Gasteiger partial charge in [0.2, 0.25) is 0 Å². The third-order valence-corrected chi connectivity index (χ3v) is 3.66. The van der Waals surface area contributed by atoms with E-state index >= 15 is 0 Å². The lowest BCUT2D eigenvalue weighted by Gasteiger charge is -2.13. The molecule has 0 radical (unpaired) electrons. The Labute approximate surface area is 95.7 Å². The Balaban J connectivity index is 2.33. The van der Waals surface area contributed by atoms with E-state index in [1.54, 1.807) is 0 Å². The standard InChI is InChI=1S/C15H16O/c1-2-14(16)12-9-8-11-7-6-10-4-3-5-13(12)15(10)11/h3-5,8-9,14,16H,2,6-7H2,1H3/t14-/m1/s1. The molecule has 1 aliphatic carbocycles. The van der Waals surface area contributed by atoms with E-state index in [1.165, 1.54) is 21.9 Å². The first kappa shape index (κ1) is 9.86. The quantitative estimate of drug-likeness (QED) is 0.809. The molecule has 0 saturated heterocycles. The van der Waals surface area contributed by atoms with Crippen molar-refractivity contribution in [3.63, 3.8) is 0 Å². The van der Waals surface area contributed by atoms with Crippen LogP contribution in [0.4, 0.5) is 0 Å². The zero-order valence-corrected chi connectivity index (χ0v) is 9.53. The molecule has 2 aromatic carbocycles. The SMILES string of the molecule is CC[C@@H](O)c1ccc2c3c(cccc13)CC2. The van der Waals surface area contributed by atoms with E-state index in [2.05, 4.69) is 30.3 Å². The van der Waals surface area contributed by atoms with Crippen LogP contribution in [-0.4, -0.2) is 5.11 Å². The number of hydrogen-bond acceptors (Lipinski definition) is 1. The molecule has 1 aliphatic rings. The van der Waals surface area contributed by atoms with Crippen LogP contribution in [0.15, 0.2) is 30.3 Å². The zero-order valence-electron chi connectivity index (χ0n) is 9.53. The van der Waals surface area contributed by atoms with Crippen molar-refractivity contribution in [1.82, 2.24) is 0 Å². The summed E-state index contributed by atoms with van der Waals surface area (Å²) in [6.07, 6.45) is 2.75. The first-order valence-corrected chi connectivity index (χ1v) is 6.02. The van der Waals surface area contributed by atoms with E-state index < -0.39 is 0 Å². The Morgan fingerprint density at radius 2 is 1.88 bits per heavy atom. The molecule has 3 rings (SSSR count). The smallest absolute Gasteiger partial charge is 0.0793 e. The number of rotatable bonds is 2. The molecule has 0 heterocycles. The van der Waals surface area contributed by atoms with Gasteiger partial charge < -0.3 is 5.11 Å². The predicted octanol–water partition coefficient (Wildman–Crippen LogP) is 3.38. The number of aryl methyl sites for hydroxylation is 2. The summed E-state index contributed by atoms with van der Waals surface area (Å²) < 4.78 is 0. The van der Waals surface area contributed by atoms with E-state index in [0.717, 1.165) is 24.8 Å². The minimum absolute atomic E-state index is 0.329. The Morgan fingerprint density at radius 1 is 1.12 bits per heavy atom. The van der Waals surface area contributed by atoms with Gasteiger partial charge in [0.1, 0.15) is 0 Å². The molecule has 1 atom stereocenters. The second kappa shape index (κ2) is 3.60. The molecule has 1 nitrogen and oxygen atoms in total. The van der Waals surface area contributed by atoms with Gasteiger partial charge in [0.15, 0.2) is 0 Å². The van der Waals surface area contributed by atoms with Gasteiger partial charge in [-0.25, -0.2) is 0 Å². The zero-order chi connectivity index (χ0) is 11.1. The maximum atomic E-state index is 10.0. The first-order chi connectivity index (χ1) is 7.81. The minimum atomic E-state index is -0.329. The highest BCUT2D eigenvalue weighted by Gasteiger charge is 2.17. The van der Waals surface area contributed by atoms with Crippen molar-refractivity contribution in [3.8, 4) is 0 Å². The topological polar surface area (TPSA) is 20.2 Å². The van der Waals surface area contributed by atoms with Gasteiger partial charge in [-0.05, 0) is 46.7 Å². The molecular weight excluding hydrogens is 196 g/mol. The lowest BCUT2D eigenvalue weighted by Crippen LogP contribution is -1.97. The van der Waals surface area contributed by atoms with Crippen LogP contribution in [0.3, 0.4) is 0 Å². The summed E-state index contributed by atoms with van der Waals surface area (Å²) >= 11 is 0. The molecule has 0 spiro atoms. The van der Waals surface area contributed by atoms with Gasteiger partial charge in [0.05, 0.1) is 6.10 Å². The van der Waals surface area contributed by atoms with E-state index in [9.17, 15) is 5.11 Å². The maximum absolute atomic E-state index is 10.0. The molecule has 2 aromatic rings. The normalized spacial score (nSPS) is 15.6. The second-order valence-corrected chi connectivity index (χ2v) is 4.58. The summed E-state index contributed by atoms with van der Waals surface area (Å²) in [4.78, 5) is 0. The summed E-state index contributed by atoms with van der Waals surface area (Å²) in [5.41, 5.74) is 3.97. The maximum Gasteiger partial charge on any atom is 0.0793 e. The Bertz CT molecular complexity index is 532. The molecule has 16 heavy (non-hydrogen) atoms. The summed E-state index contributed by atoms with van der Waals surface area (Å²) in [7, 11) is 0. The van der Waals surface area contributed by atoms with Crippen molar-refractivity contribution in [1.29, 1.82) is 0 Å². The van der Waals surface area contributed by atoms with Gasteiger partial charge >= 0.3 is 0 Å². The van der Waals surface area contributed by atoms with Gasteiger partial charge in [0, 0.05) is 0 Å². The first-order valence-electron chi connectivity index (χ1n) is 6.02. The molecule has 0 fully saturated rings. The molecular formula is C15H16O. The third kappa shape index (κ3) is 1.28. The predicted molar refractivity (Wildman–Crippen MR) is 66.6 cm³/mol.